The van der Waals surface area contributed by atoms with Gasteiger partial charge in [-0.1, -0.05) is 36.4 Å². The van der Waals surface area contributed by atoms with Gasteiger partial charge in [0.2, 0.25) is 0 Å². The Morgan fingerprint density at radius 1 is 1.07 bits per heavy atom. The number of hydrogen-bond donors (Lipinski definition) is 2. The monoisotopic (exact) mass is 430 g/mol. The van der Waals surface area contributed by atoms with Crippen LogP contribution in [0.2, 0.25) is 0 Å². The Bertz CT molecular complexity index is 970. The van der Waals surface area contributed by atoms with Gasteiger partial charge in [-0.3, -0.25) is 0 Å². The van der Waals surface area contributed by atoms with Gasteiger partial charge in [0, 0.05) is 17.5 Å². The first-order valence-corrected chi connectivity index (χ1v) is 9.73. The summed E-state index contributed by atoms with van der Waals surface area (Å²) in [7, 11) is 3.24. The molecule has 3 atom stereocenters. The van der Waals surface area contributed by atoms with Gasteiger partial charge in [0.25, 0.3) is 0 Å². The van der Waals surface area contributed by atoms with E-state index in [0.29, 0.717) is 36.7 Å². The Morgan fingerprint density at radius 2 is 1.80 bits per heavy atom. The number of nitrogens with zero attached hydrogens (tertiary/aromatic N) is 3. The minimum Gasteiger partial charge on any atom is -0.493 e. The van der Waals surface area contributed by atoms with Crippen LogP contribution in [0.1, 0.15) is 30.1 Å². The highest BCUT2D eigenvalue weighted by Crippen LogP contribution is 2.35. The molecule has 2 aromatic carbocycles. The van der Waals surface area contributed by atoms with E-state index in [2.05, 4.69) is 0 Å². The highest BCUT2D eigenvalue weighted by molar-refractivity contribution is 5.85. The van der Waals surface area contributed by atoms with Crippen LogP contribution in [0.15, 0.2) is 48.5 Å². The van der Waals surface area contributed by atoms with Crippen LogP contribution in [0.4, 0.5) is 0 Å². The molecule has 3 aromatic rings. The van der Waals surface area contributed by atoms with Crippen LogP contribution < -0.4 is 15.2 Å². The second-order valence-electron chi connectivity index (χ2n) is 7.41. The third-order valence-corrected chi connectivity index (χ3v) is 5.45. The summed E-state index contributed by atoms with van der Waals surface area (Å²) in [6, 6.07) is 15.5. The normalized spacial score (nSPS) is 20.6. The van der Waals surface area contributed by atoms with Gasteiger partial charge in [-0.2, -0.15) is 5.10 Å². The fourth-order valence-corrected chi connectivity index (χ4v) is 3.89. The van der Waals surface area contributed by atoms with Gasteiger partial charge in [-0.05, 0) is 30.5 Å². The van der Waals surface area contributed by atoms with E-state index in [4.69, 9.17) is 25.3 Å². The highest BCUT2D eigenvalue weighted by atomic mass is 35.5. The predicted octanol–water partition coefficient (Wildman–Crippen LogP) is 3.00. The number of rotatable bonds is 6. The quantitative estimate of drug-likeness (QED) is 0.624. The molecule has 0 aliphatic heterocycles. The van der Waals surface area contributed by atoms with Crippen LogP contribution in [-0.4, -0.2) is 46.2 Å². The number of nitrogens with two attached hydrogens (primary N) is 1. The minimum atomic E-state index is -0.508. The van der Waals surface area contributed by atoms with E-state index in [1.165, 1.54) is 0 Å². The first-order valence-electron chi connectivity index (χ1n) is 9.73. The van der Waals surface area contributed by atoms with Gasteiger partial charge >= 0.3 is 0 Å². The van der Waals surface area contributed by atoms with Crippen LogP contribution in [0.25, 0.3) is 11.4 Å². The minimum absolute atomic E-state index is 0. The van der Waals surface area contributed by atoms with Crippen molar-refractivity contribution in [3.8, 4) is 22.9 Å². The third-order valence-electron chi connectivity index (χ3n) is 5.45. The summed E-state index contributed by atoms with van der Waals surface area (Å²) in [6.07, 6.45) is 0.784. The molecular formula is C22H27ClN4O3. The lowest BCUT2D eigenvalue weighted by atomic mass is 10.1. The predicted molar refractivity (Wildman–Crippen MR) is 117 cm³/mol. The molecule has 0 bridgehead atoms. The van der Waals surface area contributed by atoms with Crippen molar-refractivity contribution >= 4 is 12.4 Å². The molecule has 160 valence electrons. The Labute approximate surface area is 182 Å². The number of benzene rings is 2. The number of hydrogen-bond acceptors (Lipinski definition) is 6. The number of aromatic nitrogens is 3. The molecule has 0 amide bonds. The largest absolute Gasteiger partial charge is 0.493 e. The van der Waals surface area contributed by atoms with Crippen LogP contribution >= 0.6 is 12.4 Å². The zero-order valence-electron chi connectivity index (χ0n) is 17.1. The van der Waals surface area contributed by atoms with Crippen molar-refractivity contribution in [2.45, 2.75) is 37.5 Å². The Morgan fingerprint density at radius 3 is 2.43 bits per heavy atom. The molecule has 1 aromatic heterocycles. The van der Waals surface area contributed by atoms with E-state index in [0.717, 1.165) is 17.0 Å². The highest BCUT2D eigenvalue weighted by Gasteiger charge is 2.34. The maximum absolute atomic E-state index is 10.1. The van der Waals surface area contributed by atoms with Crippen molar-refractivity contribution in [3.05, 3.63) is 59.9 Å². The van der Waals surface area contributed by atoms with Gasteiger partial charge in [-0.15, -0.1) is 12.4 Å². The number of halogens is 1. The van der Waals surface area contributed by atoms with E-state index in [-0.39, 0.29) is 24.4 Å². The second kappa shape index (κ2) is 9.47. The molecule has 0 spiro atoms. The van der Waals surface area contributed by atoms with Gasteiger partial charge < -0.3 is 20.3 Å². The molecule has 3 N–H and O–H groups in total. The summed E-state index contributed by atoms with van der Waals surface area (Å²) < 4.78 is 12.7. The zero-order valence-corrected chi connectivity index (χ0v) is 17.9. The Hall–Kier alpha value is -2.61. The van der Waals surface area contributed by atoms with Crippen LogP contribution in [0.5, 0.6) is 11.5 Å². The van der Waals surface area contributed by atoms with E-state index in [1.807, 2.05) is 53.2 Å². The smallest absolute Gasteiger partial charge is 0.181 e. The number of ether oxygens (including phenoxy) is 2. The molecule has 1 aliphatic rings. The van der Waals surface area contributed by atoms with Crippen LogP contribution in [0.3, 0.4) is 0 Å². The molecule has 8 heteroatoms. The van der Waals surface area contributed by atoms with E-state index in [1.54, 1.807) is 14.2 Å². The zero-order chi connectivity index (χ0) is 20.4. The summed E-state index contributed by atoms with van der Waals surface area (Å²) in [5, 5.41) is 14.9. The van der Waals surface area contributed by atoms with E-state index in [9.17, 15) is 5.11 Å². The Balaban J connectivity index is 0.00000256. The lowest BCUT2D eigenvalue weighted by molar-refractivity contribution is 0.163. The maximum Gasteiger partial charge on any atom is 0.181 e. The van der Waals surface area contributed by atoms with Gasteiger partial charge in [-0.25, -0.2) is 9.67 Å². The van der Waals surface area contributed by atoms with Crippen molar-refractivity contribution in [2.75, 3.05) is 14.2 Å². The summed E-state index contributed by atoms with van der Waals surface area (Å²) in [4.78, 5) is 4.83. The molecule has 0 radical (unpaired) electrons. The molecule has 1 saturated carbocycles. The topological polar surface area (TPSA) is 95.4 Å². The SMILES string of the molecule is COc1ccc(Cn2nc(-c3ccccc3)nc2[C@H]2C[C@H](N)[C@@H](O)C2)cc1OC.Cl. The van der Waals surface area contributed by atoms with Crippen LogP contribution in [0, 0.1) is 0 Å². The molecule has 1 fully saturated rings. The number of aliphatic hydroxyl groups excluding tert-OH is 1. The fraction of sp³-hybridized carbons (Fsp3) is 0.364. The second-order valence-corrected chi connectivity index (χ2v) is 7.41. The lowest BCUT2D eigenvalue weighted by Gasteiger charge is -2.13. The fourth-order valence-electron chi connectivity index (χ4n) is 3.89. The molecule has 0 unspecified atom stereocenters. The van der Waals surface area contributed by atoms with Gasteiger partial charge in [0.05, 0.1) is 26.9 Å². The first kappa shape index (κ1) is 22.1. The van der Waals surface area contributed by atoms with Crippen molar-refractivity contribution in [2.24, 2.45) is 5.73 Å². The molecule has 1 heterocycles. The molecule has 0 saturated heterocycles. The summed E-state index contributed by atoms with van der Waals surface area (Å²) in [5.74, 6) is 2.96. The van der Waals surface area contributed by atoms with Gasteiger partial charge in [0.1, 0.15) is 5.82 Å². The number of aliphatic hydroxyl groups is 1. The summed E-state index contributed by atoms with van der Waals surface area (Å²) in [6.45, 7) is 0.539. The summed E-state index contributed by atoms with van der Waals surface area (Å²) >= 11 is 0. The van der Waals surface area contributed by atoms with E-state index < -0.39 is 6.10 Å². The van der Waals surface area contributed by atoms with Crippen molar-refractivity contribution in [1.29, 1.82) is 0 Å². The number of methoxy groups -OCH3 is 2. The van der Waals surface area contributed by atoms with Crippen molar-refractivity contribution < 1.29 is 14.6 Å². The molecule has 1 aliphatic carbocycles. The van der Waals surface area contributed by atoms with Crippen molar-refractivity contribution in [3.63, 3.8) is 0 Å². The molecule has 7 nitrogen and oxygen atoms in total. The average Bonchev–Trinajstić information content (AvgIpc) is 3.31. The van der Waals surface area contributed by atoms with Crippen LogP contribution in [-0.2, 0) is 6.54 Å². The molecular weight excluding hydrogens is 404 g/mol. The van der Waals surface area contributed by atoms with Crippen molar-refractivity contribution in [1.82, 2.24) is 14.8 Å². The summed E-state index contributed by atoms with van der Waals surface area (Å²) in [5.41, 5.74) is 8.04. The molecule has 30 heavy (non-hydrogen) atoms. The van der Waals surface area contributed by atoms with Gasteiger partial charge in [0.15, 0.2) is 17.3 Å². The first-order chi connectivity index (χ1) is 14.1. The average molecular weight is 431 g/mol. The standard InChI is InChI=1S/C22H26N4O3.ClH/c1-28-19-9-8-14(10-20(19)29-2)13-26-22(16-11-17(23)18(27)12-16)24-21(25-26)15-6-4-3-5-7-15;/h3-10,16-18,27H,11-13,23H2,1-2H3;1H/t16-,17-,18-;/m0./s1. The Kier molecular flexibility index (Phi) is 6.97. The third kappa shape index (κ3) is 4.43. The molecule has 4 rings (SSSR count). The maximum atomic E-state index is 10.1. The van der Waals surface area contributed by atoms with E-state index >= 15 is 0 Å². The lowest BCUT2D eigenvalue weighted by Crippen LogP contribution is -2.28.